The fourth-order valence-electron chi connectivity index (χ4n) is 2.96. The number of aromatic nitrogens is 3. The van der Waals surface area contributed by atoms with Gasteiger partial charge in [0.2, 0.25) is 5.78 Å². The van der Waals surface area contributed by atoms with Crippen LogP contribution in [0.1, 0.15) is 16.2 Å². The number of benzene rings is 2. The van der Waals surface area contributed by atoms with Crippen LogP contribution in [0.4, 0.5) is 13.2 Å². The van der Waals surface area contributed by atoms with E-state index in [0.29, 0.717) is 16.8 Å². The molecule has 0 radical (unpaired) electrons. The molecule has 0 aliphatic carbocycles. The van der Waals surface area contributed by atoms with Gasteiger partial charge in [-0.15, -0.1) is 13.2 Å². The lowest BCUT2D eigenvalue weighted by Crippen LogP contribution is -2.17. The molecule has 2 aromatic heterocycles. The molecule has 4 rings (SSSR count). The van der Waals surface area contributed by atoms with Gasteiger partial charge in [-0.3, -0.25) is 9.78 Å². The van der Waals surface area contributed by atoms with Gasteiger partial charge in [0.15, 0.2) is 0 Å². The fraction of sp³-hybridized carbons (Fsp3) is 0.0455. The van der Waals surface area contributed by atoms with Crippen LogP contribution < -0.4 is 4.74 Å². The van der Waals surface area contributed by atoms with Crippen LogP contribution in [0.25, 0.3) is 16.8 Å². The van der Waals surface area contributed by atoms with Crippen molar-refractivity contribution in [3.63, 3.8) is 0 Å². The zero-order chi connectivity index (χ0) is 21.1. The van der Waals surface area contributed by atoms with Crippen LogP contribution in [0.2, 0.25) is 0 Å². The van der Waals surface area contributed by atoms with Gasteiger partial charge in [0.05, 0.1) is 0 Å². The second-order valence-electron chi connectivity index (χ2n) is 6.30. The van der Waals surface area contributed by atoms with Gasteiger partial charge in [0, 0.05) is 23.6 Å². The number of rotatable bonds is 5. The second-order valence-corrected chi connectivity index (χ2v) is 6.30. The van der Waals surface area contributed by atoms with E-state index in [1.54, 1.807) is 65.4 Å². The van der Waals surface area contributed by atoms with Gasteiger partial charge >= 0.3 is 6.36 Å². The molecular formula is C22H14F3N3O2. The van der Waals surface area contributed by atoms with Gasteiger partial charge < -0.3 is 9.30 Å². The molecule has 5 nitrogen and oxygen atoms in total. The third-order valence-corrected chi connectivity index (χ3v) is 4.28. The molecule has 0 amide bonds. The average molecular weight is 409 g/mol. The van der Waals surface area contributed by atoms with Crippen LogP contribution in [0.3, 0.4) is 0 Å². The molecule has 30 heavy (non-hydrogen) atoms. The third kappa shape index (κ3) is 4.22. The van der Waals surface area contributed by atoms with E-state index in [1.807, 2.05) is 0 Å². The largest absolute Gasteiger partial charge is 0.573 e. The zero-order valence-electron chi connectivity index (χ0n) is 15.4. The molecule has 0 unspecified atom stereocenters. The molecule has 0 N–H and O–H groups in total. The molecule has 0 saturated heterocycles. The summed E-state index contributed by atoms with van der Waals surface area (Å²) in [5.41, 5.74) is 1.93. The third-order valence-electron chi connectivity index (χ3n) is 4.28. The van der Waals surface area contributed by atoms with E-state index in [1.165, 1.54) is 24.7 Å². The highest BCUT2D eigenvalue weighted by molar-refractivity contribution is 6.06. The van der Waals surface area contributed by atoms with E-state index in [2.05, 4.69) is 14.7 Å². The van der Waals surface area contributed by atoms with E-state index < -0.39 is 6.36 Å². The quantitative estimate of drug-likeness (QED) is 0.432. The van der Waals surface area contributed by atoms with E-state index in [-0.39, 0.29) is 22.9 Å². The minimum atomic E-state index is -4.79. The van der Waals surface area contributed by atoms with Crippen molar-refractivity contribution in [2.24, 2.45) is 0 Å². The zero-order valence-corrected chi connectivity index (χ0v) is 15.4. The number of carbonyl (C=O) groups is 1. The molecule has 0 fully saturated rings. The summed E-state index contributed by atoms with van der Waals surface area (Å²) in [6.45, 7) is 0. The van der Waals surface area contributed by atoms with Crippen LogP contribution in [0, 0.1) is 0 Å². The van der Waals surface area contributed by atoms with E-state index in [0.717, 1.165) is 0 Å². The van der Waals surface area contributed by atoms with Crippen molar-refractivity contribution in [1.82, 2.24) is 14.5 Å². The Morgan fingerprint density at radius 1 is 0.900 bits per heavy atom. The molecular weight excluding hydrogens is 395 g/mol. The summed E-state index contributed by atoms with van der Waals surface area (Å²) in [7, 11) is 0. The van der Waals surface area contributed by atoms with Crippen molar-refractivity contribution in [3.05, 3.63) is 96.8 Å². The molecule has 0 aliphatic heterocycles. The Hall–Kier alpha value is -3.94. The van der Waals surface area contributed by atoms with Crippen molar-refractivity contribution < 1.29 is 22.7 Å². The van der Waals surface area contributed by atoms with Crippen LogP contribution in [-0.2, 0) is 0 Å². The summed E-state index contributed by atoms with van der Waals surface area (Å²) >= 11 is 0. The van der Waals surface area contributed by atoms with Crippen molar-refractivity contribution in [2.75, 3.05) is 0 Å². The fourth-order valence-corrected chi connectivity index (χ4v) is 2.96. The number of ether oxygens (including phenoxy) is 1. The number of imidazole rings is 1. The highest BCUT2D eigenvalue weighted by Crippen LogP contribution is 2.34. The number of halogens is 3. The minimum Gasteiger partial charge on any atom is -0.405 e. The molecule has 2 heterocycles. The van der Waals surface area contributed by atoms with Crippen molar-refractivity contribution in [3.8, 4) is 22.6 Å². The van der Waals surface area contributed by atoms with Crippen molar-refractivity contribution >= 4 is 5.78 Å². The van der Waals surface area contributed by atoms with Gasteiger partial charge in [-0.1, -0.05) is 36.4 Å². The first-order chi connectivity index (χ1) is 14.4. The summed E-state index contributed by atoms with van der Waals surface area (Å²) in [5, 5.41) is 0. The van der Waals surface area contributed by atoms with E-state index in [9.17, 15) is 18.0 Å². The maximum absolute atomic E-state index is 12.7. The van der Waals surface area contributed by atoms with Crippen LogP contribution >= 0.6 is 0 Å². The van der Waals surface area contributed by atoms with Crippen molar-refractivity contribution in [2.45, 2.75) is 6.36 Å². The molecule has 4 aromatic rings. The Kier molecular flexibility index (Phi) is 5.05. The predicted octanol–water partition coefficient (Wildman–Crippen LogP) is 5.06. The first kappa shape index (κ1) is 19.4. The topological polar surface area (TPSA) is 57.0 Å². The number of nitrogens with zero attached hydrogens (tertiary/aromatic N) is 3. The van der Waals surface area contributed by atoms with Gasteiger partial charge in [0.25, 0.3) is 0 Å². The Balaban J connectivity index is 1.66. The summed E-state index contributed by atoms with van der Waals surface area (Å²) in [5.74, 6) is -0.617. The summed E-state index contributed by atoms with van der Waals surface area (Å²) in [6.07, 6.45) is -0.255. The van der Waals surface area contributed by atoms with E-state index >= 15 is 0 Å². The number of carbonyl (C=O) groups excluding carboxylic acids is 1. The normalized spacial score (nSPS) is 11.3. The number of para-hydroxylation sites is 1. The number of hydrogen-bond acceptors (Lipinski definition) is 4. The Labute approximate surface area is 169 Å². The summed E-state index contributed by atoms with van der Waals surface area (Å²) < 4.78 is 43.9. The average Bonchev–Trinajstić information content (AvgIpc) is 3.23. The van der Waals surface area contributed by atoms with Gasteiger partial charge in [-0.05, 0) is 35.9 Å². The van der Waals surface area contributed by atoms with Gasteiger partial charge in [-0.2, -0.15) is 0 Å². The lowest BCUT2D eigenvalue weighted by atomic mass is 10.0. The summed E-state index contributed by atoms with van der Waals surface area (Å²) in [6, 6.07) is 17.8. The predicted molar refractivity (Wildman–Crippen MR) is 103 cm³/mol. The minimum absolute atomic E-state index is 0.208. The molecule has 0 bridgehead atoms. The Morgan fingerprint density at radius 2 is 1.70 bits per heavy atom. The van der Waals surface area contributed by atoms with Crippen LogP contribution in [0.5, 0.6) is 5.75 Å². The molecule has 0 saturated carbocycles. The lowest BCUT2D eigenvalue weighted by Gasteiger charge is -2.14. The second kappa shape index (κ2) is 7.82. The smallest absolute Gasteiger partial charge is 0.405 e. The lowest BCUT2D eigenvalue weighted by molar-refractivity contribution is -0.274. The monoisotopic (exact) mass is 409 g/mol. The summed E-state index contributed by atoms with van der Waals surface area (Å²) in [4.78, 5) is 20.7. The Morgan fingerprint density at radius 3 is 2.47 bits per heavy atom. The highest BCUT2D eigenvalue weighted by atomic mass is 19.4. The Bertz CT molecular complexity index is 1190. The SMILES string of the molecule is O=C(c1ccccn1)c1cn(-c2cccc(-c3ccccc3OC(F)(F)F)c2)cn1. The molecule has 0 spiro atoms. The molecule has 8 heteroatoms. The molecule has 0 atom stereocenters. The highest BCUT2D eigenvalue weighted by Gasteiger charge is 2.32. The van der Waals surface area contributed by atoms with Gasteiger partial charge in [0.1, 0.15) is 23.5 Å². The van der Waals surface area contributed by atoms with Crippen molar-refractivity contribution in [1.29, 1.82) is 0 Å². The molecule has 0 aliphatic rings. The number of ketones is 1. The number of alkyl halides is 3. The van der Waals surface area contributed by atoms with E-state index in [4.69, 9.17) is 0 Å². The molecule has 2 aromatic carbocycles. The maximum atomic E-state index is 12.7. The maximum Gasteiger partial charge on any atom is 0.573 e. The number of pyridine rings is 1. The van der Waals surface area contributed by atoms with Gasteiger partial charge in [-0.25, -0.2) is 4.98 Å². The first-order valence-electron chi connectivity index (χ1n) is 8.86. The number of hydrogen-bond donors (Lipinski definition) is 0. The van der Waals surface area contributed by atoms with Crippen LogP contribution in [-0.4, -0.2) is 26.7 Å². The van der Waals surface area contributed by atoms with Crippen LogP contribution in [0.15, 0.2) is 85.5 Å². The standard InChI is InChI=1S/C22H14F3N3O2/c23-22(24,25)30-20-10-2-1-8-17(20)15-6-5-7-16(12-15)28-13-19(27-14-28)21(29)18-9-3-4-11-26-18/h1-14H. The first-order valence-corrected chi connectivity index (χ1v) is 8.86. The molecule has 150 valence electrons.